The predicted molar refractivity (Wildman–Crippen MR) is 101 cm³/mol. The molecule has 0 radical (unpaired) electrons. The van der Waals surface area contributed by atoms with E-state index in [1.54, 1.807) is 0 Å². The van der Waals surface area contributed by atoms with E-state index in [4.69, 9.17) is 4.74 Å². The number of Topliss-reactive ketones (excluding diaryl/α,β-unsaturated/α-hetero) is 1. The highest BCUT2D eigenvalue weighted by Gasteiger charge is 2.61. The Kier molecular flexibility index (Phi) is 3.89. The lowest BCUT2D eigenvalue weighted by Crippen LogP contribution is -2.52. The first-order valence-corrected chi connectivity index (χ1v) is 10.9. The van der Waals surface area contributed by atoms with Gasteiger partial charge in [0.15, 0.2) is 0 Å². The third-order valence-electron chi connectivity index (χ3n) is 9.07. The average molecular weight is 373 g/mol. The van der Waals surface area contributed by atoms with Crippen LogP contribution in [0.2, 0.25) is 0 Å². The summed E-state index contributed by atoms with van der Waals surface area (Å²) in [5, 5.41) is 11.6. The van der Waals surface area contributed by atoms with Crippen LogP contribution >= 0.6 is 0 Å². The number of hydrogen-bond acceptors (Lipinski definition) is 4. The van der Waals surface area contributed by atoms with Crippen molar-refractivity contribution in [3.63, 3.8) is 0 Å². The van der Waals surface area contributed by atoms with Crippen molar-refractivity contribution in [3.8, 4) is 0 Å². The van der Waals surface area contributed by atoms with Crippen LogP contribution in [0.15, 0.2) is 11.3 Å². The van der Waals surface area contributed by atoms with Crippen molar-refractivity contribution in [2.75, 3.05) is 0 Å². The van der Waals surface area contributed by atoms with Crippen molar-refractivity contribution in [1.29, 1.82) is 0 Å². The minimum absolute atomic E-state index is 0.0584. The van der Waals surface area contributed by atoms with Crippen molar-refractivity contribution in [2.24, 2.45) is 28.6 Å². The van der Waals surface area contributed by atoms with Gasteiger partial charge in [-0.05, 0) is 86.4 Å². The minimum Gasteiger partial charge on any atom is -0.374 e. The van der Waals surface area contributed by atoms with Gasteiger partial charge in [-0.3, -0.25) is 14.9 Å². The molecule has 0 bridgehead atoms. The average Bonchev–Trinajstić information content (AvgIpc) is 3.37. The molecule has 5 rings (SSSR count). The Labute approximate surface area is 161 Å². The molecule has 0 saturated heterocycles. The Balaban J connectivity index is 1.47. The highest BCUT2D eigenvalue weighted by Crippen LogP contribution is 2.66. The summed E-state index contributed by atoms with van der Waals surface area (Å²) in [5.41, 5.74) is 0.933. The first kappa shape index (κ1) is 17.8. The second-order valence-corrected chi connectivity index (χ2v) is 10.3. The van der Waals surface area contributed by atoms with Crippen LogP contribution in [0.3, 0.4) is 0 Å². The molecule has 148 valence electrons. The summed E-state index contributed by atoms with van der Waals surface area (Å²) < 4.78 is 6.43. The molecule has 0 amide bonds. The molecule has 5 heteroatoms. The Bertz CT molecular complexity index is 726. The first-order valence-electron chi connectivity index (χ1n) is 10.9. The van der Waals surface area contributed by atoms with Crippen LogP contribution in [-0.4, -0.2) is 22.9 Å². The quantitative estimate of drug-likeness (QED) is 0.532. The lowest BCUT2D eigenvalue weighted by Gasteiger charge is -2.57. The number of allylic oxidation sites excluding steroid dienone is 1. The fourth-order valence-corrected chi connectivity index (χ4v) is 7.51. The molecule has 4 saturated carbocycles. The predicted octanol–water partition coefficient (Wildman–Crippen LogP) is 4.67. The van der Waals surface area contributed by atoms with E-state index in [9.17, 15) is 14.9 Å². The van der Waals surface area contributed by atoms with Gasteiger partial charge in [0.2, 0.25) is 5.78 Å². The minimum atomic E-state index is -0.391. The Hall–Kier alpha value is -1.23. The molecule has 6 atom stereocenters. The molecule has 0 N–H and O–H groups in total. The summed E-state index contributed by atoms with van der Waals surface area (Å²) in [6, 6.07) is 0. The van der Waals surface area contributed by atoms with Gasteiger partial charge in [-0.1, -0.05) is 13.8 Å². The van der Waals surface area contributed by atoms with Crippen molar-refractivity contribution in [2.45, 2.75) is 90.3 Å². The molecule has 5 aliphatic carbocycles. The molecule has 0 aliphatic heterocycles. The van der Waals surface area contributed by atoms with E-state index in [1.807, 2.05) is 0 Å². The van der Waals surface area contributed by atoms with Crippen molar-refractivity contribution in [3.05, 3.63) is 21.4 Å². The third kappa shape index (κ3) is 2.49. The van der Waals surface area contributed by atoms with Gasteiger partial charge in [0.1, 0.15) is 0 Å². The molecule has 5 aliphatic rings. The molecule has 0 aromatic rings. The van der Waals surface area contributed by atoms with Crippen LogP contribution in [0, 0.1) is 38.7 Å². The largest absolute Gasteiger partial charge is 0.374 e. The summed E-state index contributed by atoms with van der Waals surface area (Å²) in [4.78, 5) is 23.5. The summed E-state index contributed by atoms with van der Waals surface area (Å²) in [5.74, 6) is 1.55. The summed E-state index contributed by atoms with van der Waals surface area (Å²) >= 11 is 0. The number of nitro groups is 1. The molecule has 0 aromatic carbocycles. The van der Waals surface area contributed by atoms with Crippen molar-refractivity contribution >= 4 is 5.78 Å². The lowest BCUT2D eigenvalue weighted by molar-refractivity contribution is -0.422. The number of carbonyl (C=O) groups is 1. The van der Waals surface area contributed by atoms with E-state index < -0.39 is 4.92 Å². The molecular weight excluding hydrogens is 342 g/mol. The summed E-state index contributed by atoms with van der Waals surface area (Å²) in [6.45, 7) is 4.68. The lowest BCUT2D eigenvalue weighted by atomic mass is 9.47. The topological polar surface area (TPSA) is 69.4 Å². The number of ether oxygens (including phenoxy) is 1. The molecule has 0 aromatic heterocycles. The van der Waals surface area contributed by atoms with Gasteiger partial charge in [-0.25, -0.2) is 0 Å². The Morgan fingerprint density at radius 2 is 1.78 bits per heavy atom. The van der Waals surface area contributed by atoms with Gasteiger partial charge in [0, 0.05) is 12.0 Å². The van der Waals surface area contributed by atoms with Crippen LogP contribution < -0.4 is 0 Å². The SMILES string of the molecule is C[C@]12CCC(=O)C([N+](=O)[O-])=C1CC[C@@H]1[C@@H]2CC[C@]2(C)C(OC3CC3)CC[C@@H]12. The monoisotopic (exact) mass is 373 g/mol. The standard InChI is InChI=1S/C22H31NO4/c1-21-12-10-18(24)20(23(25)26)17(21)6-5-14-15-7-8-19(27-13-3-4-13)22(15,2)11-9-16(14)21/h13-16,19H,3-12H2,1-2H3/t14-,15-,16-,19?,21+,22-/m0/s1. The number of fused-ring (bicyclic) bond motifs is 5. The highest BCUT2D eigenvalue weighted by molar-refractivity contribution is 5.95. The summed E-state index contributed by atoms with van der Waals surface area (Å²) in [7, 11) is 0. The van der Waals surface area contributed by atoms with Crippen molar-refractivity contribution < 1.29 is 14.5 Å². The highest BCUT2D eigenvalue weighted by atomic mass is 16.6. The Morgan fingerprint density at radius 3 is 2.48 bits per heavy atom. The van der Waals surface area contributed by atoms with Crippen LogP contribution in [0.5, 0.6) is 0 Å². The molecule has 1 unspecified atom stereocenters. The summed E-state index contributed by atoms with van der Waals surface area (Å²) in [6.07, 6.45) is 11.0. The number of hydrogen-bond donors (Lipinski definition) is 0. The van der Waals surface area contributed by atoms with Gasteiger partial charge >= 0.3 is 5.70 Å². The number of ketones is 1. The molecule has 0 spiro atoms. The van der Waals surface area contributed by atoms with Gasteiger partial charge < -0.3 is 4.74 Å². The molecule has 5 nitrogen and oxygen atoms in total. The fourth-order valence-electron chi connectivity index (χ4n) is 7.51. The van der Waals surface area contributed by atoms with Gasteiger partial charge in [0.05, 0.1) is 17.1 Å². The van der Waals surface area contributed by atoms with Gasteiger partial charge in [-0.2, -0.15) is 0 Å². The smallest absolute Gasteiger partial charge is 0.311 e. The molecule has 27 heavy (non-hydrogen) atoms. The first-order chi connectivity index (χ1) is 12.8. The fraction of sp³-hybridized carbons (Fsp3) is 0.864. The molecular formula is C22H31NO4. The van der Waals surface area contributed by atoms with Crippen LogP contribution in [0.4, 0.5) is 0 Å². The molecule has 0 heterocycles. The third-order valence-corrected chi connectivity index (χ3v) is 9.07. The van der Waals surface area contributed by atoms with Gasteiger partial charge in [0.25, 0.3) is 0 Å². The van der Waals surface area contributed by atoms with Gasteiger partial charge in [-0.15, -0.1) is 0 Å². The van der Waals surface area contributed by atoms with E-state index in [2.05, 4.69) is 13.8 Å². The van der Waals surface area contributed by atoms with E-state index in [1.165, 1.54) is 32.1 Å². The zero-order valence-corrected chi connectivity index (χ0v) is 16.5. The van der Waals surface area contributed by atoms with E-state index in [-0.39, 0.29) is 22.3 Å². The maximum Gasteiger partial charge on any atom is 0.311 e. The number of carbonyl (C=O) groups excluding carboxylic acids is 1. The normalized spacial score (nSPS) is 46.7. The van der Waals surface area contributed by atoms with E-state index in [0.29, 0.717) is 36.4 Å². The van der Waals surface area contributed by atoms with Crippen LogP contribution in [0.25, 0.3) is 0 Å². The zero-order chi connectivity index (χ0) is 19.0. The van der Waals surface area contributed by atoms with E-state index >= 15 is 0 Å². The van der Waals surface area contributed by atoms with E-state index in [0.717, 1.165) is 31.3 Å². The maximum atomic E-state index is 12.3. The number of nitrogens with zero attached hydrogens (tertiary/aromatic N) is 1. The van der Waals surface area contributed by atoms with Crippen molar-refractivity contribution in [1.82, 2.24) is 0 Å². The van der Waals surface area contributed by atoms with Crippen LogP contribution in [-0.2, 0) is 9.53 Å². The second kappa shape index (κ2) is 5.88. The molecule has 4 fully saturated rings. The zero-order valence-electron chi connectivity index (χ0n) is 16.5. The number of rotatable bonds is 3. The Morgan fingerprint density at radius 1 is 1.00 bits per heavy atom. The van der Waals surface area contributed by atoms with Crippen LogP contribution in [0.1, 0.15) is 78.1 Å². The maximum absolute atomic E-state index is 12.3. The second-order valence-electron chi connectivity index (χ2n) is 10.3.